The maximum Gasteiger partial charge on any atom is 0.255 e. The van der Waals surface area contributed by atoms with Crippen LogP contribution in [-0.2, 0) is 6.42 Å². The molecule has 1 aliphatic rings. The number of anilines is 1. The number of nitrogens with one attached hydrogen (secondary N) is 2. The van der Waals surface area contributed by atoms with Gasteiger partial charge in [0.15, 0.2) is 0 Å². The highest BCUT2D eigenvalue weighted by atomic mass is 16.1. The molecule has 35 heavy (non-hydrogen) atoms. The molecule has 1 aliphatic heterocycles. The summed E-state index contributed by atoms with van der Waals surface area (Å²) in [6, 6.07) is 19.8. The molecule has 0 aliphatic carbocycles. The summed E-state index contributed by atoms with van der Waals surface area (Å²) in [4.78, 5) is 26.3. The molecule has 1 saturated heterocycles. The lowest BCUT2D eigenvalue weighted by atomic mass is 9.90. The second-order valence-electron chi connectivity index (χ2n) is 9.02. The molecule has 3 heterocycles. The summed E-state index contributed by atoms with van der Waals surface area (Å²) in [6.45, 7) is 4.18. The average Bonchev–Trinajstić information content (AvgIpc) is 2.91. The monoisotopic (exact) mass is 463 g/mol. The molecular formula is C29H29N5O. The Morgan fingerprint density at radius 2 is 1.86 bits per heavy atom. The Hall–Kier alpha value is -3.90. The van der Waals surface area contributed by atoms with Gasteiger partial charge in [0.25, 0.3) is 5.91 Å². The van der Waals surface area contributed by atoms with E-state index >= 15 is 0 Å². The van der Waals surface area contributed by atoms with Gasteiger partial charge >= 0.3 is 0 Å². The van der Waals surface area contributed by atoms with Crippen molar-refractivity contribution in [3.8, 4) is 11.3 Å². The zero-order chi connectivity index (χ0) is 24.0. The molecule has 2 aromatic heterocycles. The Morgan fingerprint density at radius 3 is 2.63 bits per heavy atom. The van der Waals surface area contributed by atoms with E-state index in [0.29, 0.717) is 23.7 Å². The van der Waals surface area contributed by atoms with Crippen LogP contribution in [-0.4, -0.2) is 33.9 Å². The standard InChI is InChI=1S/C29H29N5O/c1-20-4-5-23(29(35)33-26-8-6-21(7-9-26)22-10-14-30-15-11-22)17-25(20)18-28-32-16-12-27(34-28)24-3-2-13-31-19-24/h2-9,12-13,16-17,19,22,30H,10-11,14-15,18H2,1H3,(H,33,35). The maximum atomic E-state index is 13.0. The molecule has 5 rings (SSSR count). The first kappa shape index (κ1) is 22.9. The number of benzene rings is 2. The van der Waals surface area contributed by atoms with Crippen LogP contribution >= 0.6 is 0 Å². The average molecular weight is 464 g/mol. The van der Waals surface area contributed by atoms with Crippen molar-refractivity contribution >= 4 is 11.6 Å². The fourth-order valence-electron chi connectivity index (χ4n) is 4.53. The molecule has 0 saturated carbocycles. The second kappa shape index (κ2) is 10.6. The summed E-state index contributed by atoms with van der Waals surface area (Å²) in [7, 11) is 0. The van der Waals surface area contributed by atoms with Crippen LogP contribution in [0.1, 0.15) is 51.6 Å². The first-order chi connectivity index (χ1) is 17.2. The number of aryl methyl sites for hydroxylation is 1. The number of aromatic nitrogens is 3. The molecule has 6 nitrogen and oxygen atoms in total. The Morgan fingerprint density at radius 1 is 1.03 bits per heavy atom. The third-order valence-corrected chi connectivity index (χ3v) is 6.60. The van der Waals surface area contributed by atoms with E-state index < -0.39 is 0 Å². The largest absolute Gasteiger partial charge is 0.322 e. The van der Waals surface area contributed by atoms with Crippen LogP contribution < -0.4 is 10.6 Å². The Balaban J connectivity index is 1.29. The van der Waals surface area contributed by atoms with Crippen molar-refractivity contribution in [1.82, 2.24) is 20.3 Å². The van der Waals surface area contributed by atoms with Gasteiger partial charge in [-0.15, -0.1) is 0 Å². The van der Waals surface area contributed by atoms with E-state index in [9.17, 15) is 4.79 Å². The van der Waals surface area contributed by atoms with Crippen LogP contribution in [0, 0.1) is 6.92 Å². The van der Waals surface area contributed by atoms with E-state index in [4.69, 9.17) is 4.98 Å². The zero-order valence-electron chi connectivity index (χ0n) is 19.9. The zero-order valence-corrected chi connectivity index (χ0v) is 19.9. The summed E-state index contributed by atoms with van der Waals surface area (Å²) in [6.07, 6.45) is 8.17. The van der Waals surface area contributed by atoms with Crippen molar-refractivity contribution in [1.29, 1.82) is 0 Å². The van der Waals surface area contributed by atoms with Gasteiger partial charge in [0.2, 0.25) is 0 Å². The van der Waals surface area contributed by atoms with Gasteiger partial charge in [-0.05, 0) is 97.9 Å². The molecule has 1 amide bonds. The van der Waals surface area contributed by atoms with Gasteiger partial charge in [0, 0.05) is 41.8 Å². The summed E-state index contributed by atoms with van der Waals surface area (Å²) >= 11 is 0. The van der Waals surface area contributed by atoms with E-state index in [1.807, 2.05) is 55.5 Å². The topological polar surface area (TPSA) is 79.8 Å². The van der Waals surface area contributed by atoms with Gasteiger partial charge in [-0.25, -0.2) is 9.97 Å². The lowest BCUT2D eigenvalue weighted by Gasteiger charge is -2.23. The van der Waals surface area contributed by atoms with Crippen molar-refractivity contribution < 1.29 is 4.79 Å². The van der Waals surface area contributed by atoms with Crippen LogP contribution in [0.5, 0.6) is 0 Å². The van der Waals surface area contributed by atoms with Gasteiger partial charge < -0.3 is 10.6 Å². The molecule has 0 unspecified atom stereocenters. The second-order valence-corrected chi connectivity index (χ2v) is 9.02. The lowest BCUT2D eigenvalue weighted by molar-refractivity contribution is 0.102. The fourth-order valence-corrected chi connectivity index (χ4v) is 4.53. The summed E-state index contributed by atoms with van der Waals surface area (Å²) in [5, 5.41) is 6.45. The number of carbonyl (C=O) groups is 1. The summed E-state index contributed by atoms with van der Waals surface area (Å²) in [5.74, 6) is 1.19. The number of hydrogen-bond acceptors (Lipinski definition) is 5. The molecule has 4 aromatic rings. The third kappa shape index (κ3) is 5.61. The third-order valence-electron chi connectivity index (χ3n) is 6.60. The van der Waals surface area contributed by atoms with Crippen LogP contribution in [0.2, 0.25) is 0 Å². The van der Waals surface area contributed by atoms with Crippen LogP contribution in [0.15, 0.2) is 79.3 Å². The molecule has 176 valence electrons. The van der Waals surface area contributed by atoms with E-state index in [2.05, 4.69) is 32.7 Å². The molecule has 1 fully saturated rings. The number of hydrogen-bond donors (Lipinski definition) is 2. The maximum absolute atomic E-state index is 13.0. The highest BCUT2D eigenvalue weighted by Gasteiger charge is 2.15. The first-order valence-corrected chi connectivity index (χ1v) is 12.1. The number of amides is 1. The van der Waals surface area contributed by atoms with Gasteiger partial charge in [-0.1, -0.05) is 18.2 Å². The molecule has 2 N–H and O–H groups in total. The number of rotatable bonds is 6. The number of pyridine rings is 1. The number of nitrogens with zero attached hydrogens (tertiary/aromatic N) is 3. The quantitative estimate of drug-likeness (QED) is 0.413. The highest BCUT2D eigenvalue weighted by molar-refractivity contribution is 6.04. The van der Waals surface area contributed by atoms with E-state index in [0.717, 1.165) is 54.0 Å². The minimum absolute atomic E-state index is 0.120. The van der Waals surface area contributed by atoms with Crippen molar-refractivity contribution in [3.05, 3.63) is 107 Å². The van der Waals surface area contributed by atoms with Crippen molar-refractivity contribution in [2.75, 3.05) is 18.4 Å². The Bertz CT molecular complexity index is 1300. The van der Waals surface area contributed by atoms with Crippen molar-refractivity contribution in [2.45, 2.75) is 32.1 Å². The van der Waals surface area contributed by atoms with Gasteiger partial charge in [0.1, 0.15) is 5.82 Å². The number of carbonyl (C=O) groups excluding carboxylic acids is 1. The van der Waals surface area contributed by atoms with E-state index in [1.54, 1.807) is 18.6 Å². The minimum atomic E-state index is -0.120. The minimum Gasteiger partial charge on any atom is -0.322 e. The predicted octanol–water partition coefficient (Wildman–Crippen LogP) is 5.16. The van der Waals surface area contributed by atoms with Gasteiger partial charge in [0.05, 0.1) is 5.69 Å². The fraction of sp³-hybridized carbons (Fsp3) is 0.241. The molecular weight excluding hydrogens is 434 g/mol. The Kier molecular flexibility index (Phi) is 6.91. The summed E-state index contributed by atoms with van der Waals surface area (Å²) < 4.78 is 0. The molecule has 2 aromatic carbocycles. The molecule has 6 heteroatoms. The van der Waals surface area contributed by atoms with Crippen LogP contribution in [0.3, 0.4) is 0 Å². The first-order valence-electron chi connectivity index (χ1n) is 12.1. The van der Waals surface area contributed by atoms with Crippen LogP contribution in [0.25, 0.3) is 11.3 Å². The highest BCUT2D eigenvalue weighted by Crippen LogP contribution is 2.26. The predicted molar refractivity (Wildman–Crippen MR) is 138 cm³/mol. The lowest BCUT2D eigenvalue weighted by Crippen LogP contribution is -2.26. The van der Waals surface area contributed by atoms with Gasteiger partial charge in [-0.3, -0.25) is 9.78 Å². The smallest absolute Gasteiger partial charge is 0.255 e. The summed E-state index contributed by atoms with van der Waals surface area (Å²) in [5.41, 5.74) is 6.69. The number of piperidine rings is 1. The molecule has 0 bridgehead atoms. The van der Waals surface area contributed by atoms with Crippen molar-refractivity contribution in [2.24, 2.45) is 0 Å². The van der Waals surface area contributed by atoms with Gasteiger partial charge in [-0.2, -0.15) is 0 Å². The molecule has 0 radical (unpaired) electrons. The molecule has 0 spiro atoms. The van der Waals surface area contributed by atoms with Crippen LogP contribution in [0.4, 0.5) is 5.69 Å². The van der Waals surface area contributed by atoms with E-state index in [1.165, 1.54) is 5.56 Å². The Labute approximate surface area is 205 Å². The van der Waals surface area contributed by atoms with Crippen molar-refractivity contribution in [3.63, 3.8) is 0 Å². The normalized spacial score (nSPS) is 14.0. The van der Waals surface area contributed by atoms with E-state index in [-0.39, 0.29) is 5.91 Å². The molecule has 0 atom stereocenters. The SMILES string of the molecule is Cc1ccc(C(=O)Nc2ccc(C3CCNCC3)cc2)cc1Cc1nccc(-c2cccnc2)n1.